The summed E-state index contributed by atoms with van der Waals surface area (Å²) in [6, 6.07) is 13.5. The number of hydrogen-bond acceptors (Lipinski definition) is 3. The number of amides is 2. The molecular formula is C19H17ClN2O4. The Morgan fingerprint density at radius 3 is 2.54 bits per heavy atom. The van der Waals surface area contributed by atoms with E-state index in [4.69, 9.17) is 16.0 Å². The van der Waals surface area contributed by atoms with E-state index < -0.39 is 12.0 Å². The third kappa shape index (κ3) is 3.36. The van der Waals surface area contributed by atoms with Gasteiger partial charge in [0.1, 0.15) is 11.3 Å². The molecule has 1 aromatic heterocycles. The second-order valence-corrected chi connectivity index (χ2v) is 6.30. The molecule has 0 aliphatic carbocycles. The van der Waals surface area contributed by atoms with Crippen LogP contribution >= 0.6 is 11.6 Å². The topological polar surface area (TPSA) is 82.8 Å². The Morgan fingerprint density at radius 2 is 1.88 bits per heavy atom. The average molecular weight is 373 g/mol. The minimum atomic E-state index is -1.26. The summed E-state index contributed by atoms with van der Waals surface area (Å²) in [5.41, 5.74) is 1.44. The molecule has 7 heteroatoms. The van der Waals surface area contributed by atoms with Gasteiger partial charge in [-0.05, 0) is 30.7 Å². The minimum Gasteiger partial charge on any atom is -0.475 e. The normalized spacial score (nSPS) is 12.0. The quantitative estimate of drug-likeness (QED) is 0.695. The molecule has 0 bridgehead atoms. The lowest BCUT2D eigenvalue weighted by molar-refractivity contribution is 0.0666. The highest BCUT2D eigenvalue weighted by Gasteiger charge is 2.27. The molecule has 0 saturated carbocycles. The number of hydrogen-bond donors (Lipinski definition) is 2. The monoisotopic (exact) mass is 372 g/mol. The van der Waals surface area contributed by atoms with E-state index in [1.807, 2.05) is 37.3 Å². The largest absolute Gasteiger partial charge is 0.475 e. The Hall–Kier alpha value is -2.99. The predicted molar refractivity (Wildman–Crippen MR) is 100.0 cm³/mol. The Morgan fingerprint density at radius 1 is 1.19 bits per heavy atom. The lowest BCUT2D eigenvalue weighted by atomic mass is 10.1. The number of urea groups is 1. The third-order valence-electron chi connectivity index (χ3n) is 4.10. The maximum atomic E-state index is 12.7. The van der Waals surface area contributed by atoms with Crippen LogP contribution < -0.4 is 10.2 Å². The molecule has 3 rings (SSSR count). The Kier molecular flexibility index (Phi) is 4.86. The molecule has 134 valence electrons. The molecule has 0 aliphatic heterocycles. The number of rotatable bonds is 4. The summed E-state index contributed by atoms with van der Waals surface area (Å²) in [5.74, 6) is -1.57. The Balaban J connectivity index is 1.94. The van der Waals surface area contributed by atoms with Gasteiger partial charge in [0, 0.05) is 17.5 Å². The molecule has 0 saturated heterocycles. The van der Waals surface area contributed by atoms with Crippen molar-refractivity contribution in [3.8, 4) is 0 Å². The van der Waals surface area contributed by atoms with Crippen molar-refractivity contribution in [2.24, 2.45) is 0 Å². The van der Waals surface area contributed by atoms with Crippen LogP contribution in [0.3, 0.4) is 0 Å². The van der Waals surface area contributed by atoms with E-state index in [2.05, 4.69) is 5.32 Å². The molecular weight excluding hydrogens is 356 g/mol. The number of furan rings is 1. The molecule has 0 spiro atoms. The van der Waals surface area contributed by atoms with E-state index in [-0.39, 0.29) is 17.5 Å². The van der Waals surface area contributed by atoms with Crippen molar-refractivity contribution < 1.29 is 19.1 Å². The first-order valence-corrected chi connectivity index (χ1v) is 8.30. The number of benzene rings is 2. The van der Waals surface area contributed by atoms with Crippen LogP contribution in [-0.4, -0.2) is 24.2 Å². The molecule has 0 radical (unpaired) electrons. The molecule has 1 heterocycles. The molecule has 6 nitrogen and oxygen atoms in total. The first-order valence-electron chi connectivity index (χ1n) is 7.93. The molecule has 2 N–H and O–H groups in total. The van der Waals surface area contributed by atoms with Crippen molar-refractivity contribution in [1.82, 2.24) is 5.32 Å². The maximum absolute atomic E-state index is 12.7. The average Bonchev–Trinajstić information content (AvgIpc) is 3.00. The molecule has 1 unspecified atom stereocenters. The van der Waals surface area contributed by atoms with E-state index in [0.717, 1.165) is 5.56 Å². The smallest absolute Gasteiger partial charge is 0.374 e. The van der Waals surface area contributed by atoms with Crippen LogP contribution in [0.4, 0.5) is 10.5 Å². The molecule has 26 heavy (non-hydrogen) atoms. The van der Waals surface area contributed by atoms with Crippen molar-refractivity contribution in [2.75, 3.05) is 11.9 Å². The van der Waals surface area contributed by atoms with Gasteiger partial charge >= 0.3 is 12.0 Å². The zero-order valence-corrected chi connectivity index (χ0v) is 14.9. The van der Waals surface area contributed by atoms with Gasteiger partial charge in [-0.25, -0.2) is 9.59 Å². The SMILES string of the molecule is CC(NC(=O)N(C)c1c(C(=O)O)oc2ccc(Cl)cc12)c1ccccc1. The third-order valence-corrected chi connectivity index (χ3v) is 4.33. The summed E-state index contributed by atoms with van der Waals surface area (Å²) in [6.07, 6.45) is 0. The number of aromatic carboxylic acids is 1. The number of carbonyl (C=O) groups is 2. The highest BCUT2D eigenvalue weighted by molar-refractivity contribution is 6.31. The Bertz CT molecular complexity index is 968. The maximum Gasteiger partial charge on any atom is 0.374 e. The van der Waals surface area contributed by atoms with Gasteiger partial charge in [-0.2, -0.15) is 0 Å². The number of carbonyl (C=O) groups excluding carboxylic acids is 1. The number of fused-ring (bicyclic) bond motifs is 1. The van der Waals surface area contributed by atoms with Crippen molar-refractivity contribution in [3.05, 3.63) is 64.9 Å². The van der Waals surface area contributed by atoms with Gasteiger partial charge in [0.15, 0.2) is 0 Å². The summed E-state index contributed by atoms with van der Waals surface area (Å²) in [4.78, 5) is 25.5. The molecule has 1 atom stereocenters. The summed E-state index contributed by atoms with van der Waals surface area (Å²) in [5, 5.41) is 13.2. The van der Waals surface area contributed by atoms with Crippen LogP contribution in [0.15, 0.2) is 52.9 Å². The van der Waals surface area contributed by atoms with Gasteiger partial charge in [-0.1, -0.05) is 41.9 Å². The first-order chi connectivity index (χ1) is 12.4. The van der Waals surface area contributed by atoms with Crippen molar-refractivity contribution in [1.29, 1.82) is 0 Å². The minimum absolute atomic E-state index is 0.160. The number of nitrogens with zero attached hydrogens (tertiary/aromatic N) is 1. The number of carboxylic acid groups (broad SMARTS) is 1. The van der Waals surface area contributed by atoms with Gasteiger partial charge < -0.3 is 14.8 Å². The summed E-state index contributed by atoms with van der Waals surface area (Å²) < 4.78 is 5.40. The fourth-order valence-electron chi connectivity index (χ4n) is 2.74. The first kappa shape index (κ1) is 17.8. The lowest BCUT2D eigenvalue weighted by Gasteiger charge is -2.21. The van der Waals surface area contributed by atoms with Crippen molar-refractivity contribution in [2.45, 2.75) is 13.0 Å². The molecule has 2 aromatic carbocycles. The van der Waals surface area contributed by atoms with Gasteiger partial charge in [0.25, 0.3) is 0 Å². The van der Waals surface area contributed by atoms with E-state index in [1.165, 1.54) is 11.9 Å². The van der Waals surface area contributed by atoms with Crippen molar-refractivity contribution in [3.63, 3.8) is 0 Å². The number of halogens is 1. The standard InChI is InChI=1S/C19H17ClN2O4/c1-11(12-6-4-3-5-7-12)21-19(25)22(2)16-14-10-13(20)8-9-15(14)26-17(16)18(23)24/h3-11H,1-2H3,(H,21,25)(H,23,24). The highest BCUT2D eigenvalue weighted by atomic mass is 35.5. The summed E-state index contributed by atoms with van der Waals surface area (Å²) in [6.45, 7) is 1.85. The molecule has 2 amide bonds. The predicted octanol–water partition coefficient (Wildman–Crippen LogP) is 4.69. The fourth-order valence-corrected chi connectivity index (χ4v) is 2.92. The molecule has 0 aliphatic rings. The van der Waals surface area contributed by atoms with E-state index in [9.17, 15) is 14.7 Å². The van der Waals surface area contributed by atoms with Crippen LogP contribution in [0.2, 0.25) is 5.02 Å². The second-order valence-electron chi connectivity index (χ2n) is 5.87. The van der Waals surface area contributed by atoms with E-state index in [1.54, 1.807) is 18.2 Å². The zero-order valence-electron chi connectivity index (χ0n) is 14.2. The van der Waals surface area contributed by atoms with E-state index >= 15 is 0 Å². The number of carboxylic acids is 1. The van der Waals surface area contributed by atoms with Crippen LogP contribution in [0.25, 0.3) is 11.0 Å². The van der Waals surface area contributed by atoms with Crippen LogP contribution in [-0.2, 0) is 0 Å². The van der Waals surface area contributed by atoms with Gasteiger partial charge in [-0.3, -0.25) is 4.90 Å². The zero-order chi connectivity index (χ0) is 18.8. The van der Waals surface area contributed by atoms with Crippen LogP contribution in [0.5, 0.6) is 0 Å². The lowest BCUT2D eigenvalue weighted by Crippen LogP contribution is -2.39. The van der Waals surface area contributed by atoms with Gasteiger partial charge in [0.05, 0.1) is 6.04 Å². The number of nitrogens with one attached hydrogen (secondary N) is 1. The molecule has 0 fully saturated rings. The van der Waals surface area contributed by atoms with E-state index in [0.29, 0.717) is 16.0 Å². The van der Waals surface area contributed by atoms with Crippen LogP contribution in [0.1, 0.15) is 29.1 Å². The van der Waals surface area contributed by atoms with Crippen molar-refractivity contribution >= 4 is 40.3 Å². The summed E-state index contributed by atoms with van der Waals surface area (Å²) >= 11 is 6.02. The molecule has 3 aromatic rings. The fraction of sp³-hybridized carbons (Fsp3) is 0.158. The Labute approximate surface area is 155 Å². The highest BCUT2D eigenvalue weighted by Crippen LogP contribution is 2.35. The number of anilines is 1. The second kappa shape index (κ2) is 7.09. The van der Waals surface area contributed by atoms with Crippen LogP contribution in [0, 0.1) is 0 Å². The van der Waals surface area contributed by atoms with Gasteiger partial charge in [-0.15, -0.1) is 0 Å². The van der Waals surface area contributed by atoms with Gasteiger partial charge in [0.2, 0.25) is 5.76 Å². The summed E-state index contributed by atoms with van der Waals surface area (Å²) in [7, 11) is 1.49.